The maximum Gasteiger partial charge on any atom is 0.252 e. The van der Waals surface area contributed by atoms with Gasteiger partial charge in [-0.1, -0.05) is 64.2 Å². The van der Waals surface area contributed by atoms with Crippen LogP contribution in [0.3, 0.4) is 0 Å². The lowest BCUT2D eigenvalue weighted by atomic mass is 9.93. The molecule has 0 heterocycles. The minimum absolute atomic E-state index is 0.344. The van der Waals surface area contributed by atoms with Crippen molar-refractivity contribution >= 4 is 16.8 Å². The van der Waals surface area contributed by atoms with Gasteiger partial charge in [0.1, 0.15) is 0 Å². The van der Waals surface area contributed by atoms with Crippen LogP contribution < -0.4 is 0 Å². The topological polar surface area (TPSA) is 17.1 Å². The van der Waals surface area contributed by atoms with Crippen LogP contribution in [-0.2, 0) is 6.42 Å². The number of hydrogen-bond donors (Lipinski definition) is 0. The van der Waals surface area contributed by atoms with E-state index in [2.05, 4.69) is 13.8 Å². The molecule has 0 spiro atoms. The van der Waals surface area contributed by atoms with Gasteiger partial charge in [-0.3, -0.25) is 4.79 Å². The minimum Gasteiger partial charge on any atom is -0.276 e. The lowest BCUT2D eigenvalue weighted by Gasteiger charge is -2.13. The van der Waals surface area contributed by atoms with Gasteiger partial charge in [0, 0.05) is 5.56 Å². The molecule has 0 N–H and O–H groups in total. The Kier molecular flexibility index (Phi) is 7.04. The van der Waals surface area contributed by atoms with Crippen LogP contribution in [0.25, 0.3) is 0 Å². The molecule has 1 aromatic rings. The van der Waals surface area contributed by atoms with Gasteiger partial charge in [-0.15, -0.1) is 0 Å². The fourth-order valence-electron chi connectivity index (χ4n) is 2.29. The molecule has 0 aliphatic carbocycles. The molecule has 0 saturated heterocycles. The van der Waals surface area contributed by atoms with Crippen LogP contribution in [0.4, 0.5) is 0 Å². The molecule has 0 aliphatic heterocycles. The number of carbonyl (C=O) groups is 1. The van der Waals surface area contributed by atoms with Crippen molar-refractivity contribution in [3.63, 3.8) is 0 Å². The standard InChI is InChI=1S/C16H23ClO/c1-3-4-5-6-9-13(2)12-14-10-7-8-11-15(14)16(17)18/h7-8,10-11,13H,3-6,9,12H2,1-2H3. The molecule has 2 heteroatoms. The second kappa shape index (κ2) is 8.31. The van der Waals surface area contributed by atoms with E-state index in [1.807, 2.05) is 24.3 Å². The normalized spacial score (nSPS) is 12.4. The highest BCUT2D eigenvalue weighted by Gasteiger charge is 2.11. The molecule has 1 unspecified atom stereocenters. The summed E-state index contributed by atoms with van der Waals surface area (Å²) in [6.45, 7) is 4.48. The Morgan fingerprint density at radius 2 is 1.94 bits per heavy atom. The summed E-state index contributed by atoms with van der Waals surface area (Å²) in [5.41, 5.74) is 1.75. The van der Waals surface area contributed by atoms with Crippen LogP contribution in [-0.4, -0.2) is 5.24 Å². The number of unbranched alkanes of at least 4 members (excludes halogenated alkanes) is 3. The van der Waals surface area contributed by atoms with Crippen molar-refractivity contribution in [2.45, 2.75) is 52.4 Å². The Hall–Kier alpha value is -0.820. The van der Waals surface area contributed by atoms with Gasteiger partial charge in [-0.25, -0.2) is 0 Å². The maximum atomic E-state index is 11.3. The molecular formula is C16H23ClO. The Morgan fingerprint density at radius 3 is 2.61 bits per heavy atom. The van der Waals surface area contributed by atoms with Crippen LogP contribution in [0, 0.1) is 5.92 Å². The van der Waals surface area contributed by atoms with E-state index in [0.29, 0.717) is 11.5 Å². The van der Waals surface area contributed by atoms with Crippen molar-refractivity contribution in [1.29, 1.82) is 0 Å². The Labute approximate surface area is 116 Å². The SMILES string of the molecule is CCCCCCC(C)Cc1ccccc1C(=O)Cl. The molecule has 0 radical (unpaired) electrons. The quantitative estimate of drug-likeness (QED) is 0.466. The summed E-state index contributed by atoms with van der Waals surface area (Å²) in [5, 5.41) is -0.344. The van der Waals surface area contributed by atoms with E-state index in [-0.39, 0.29) is 5.24 Å². The van der Waals surface area contributed by atoms with E-state index in [1.165, 1.54) is 32.1 Å². The number of benzene rings is 1. The predicted octanol–water partition coefficient (Wildman–Crippen LogP) is 5.21. The molecule has 1 rings (SSSR count). The monoisotopic (exact) mass is 266 g/mol. The lowest BCUT2D eigenvalue weighted by Crippen LogP contribution is -2.04. The zero-order valence-electron chi connectivity index (χ0n) is 11.4. The number of hydrogen-bond acceptors (Lipinski definition) is 1. The number of halogens is 1. The average Bonchev–Trinajstić information content (AvgIpc) is 2.35. The summed E-state index contributed by atoms with van der Waals surface area (Å²) in [6, 6.07) is 7.67. The van der Waals surface area contributed by atoms with Gasteiger partial charge >= 0.3 is 0 Å². The van der Waals surface area contributed by atoms with Gasteiger partial charge in [-0.2, -0.15) is 0 Å². The maximum absolute atomic E-state index is 11.3. The van der Waals surface area contributed by atoms with Crippen LogP contribution >= 0.6 is 11.6 Å². The molecule has 0 aromatic heterocycles. The zero-order valence-corrected chi connectivity index (χ0v) is 12.2. The largest absolute Gasteiger partial charge is 0.276 e. The Bertz CT molecular complexity index is 373. The first-order chi connectivity index (χ1) is 8.65. The third-order valence-corrected chi connectivity index (χ3v) is 3.55. The zero-order chi connectivity index (χ0) is 13.4. The summed E-state index contributed by atoms with van der Waals surface area (Å²) < 4.78 is 0. The number of rotatable bonds is 8. The van der Waals surface area contributed by atoms with E-state index in [1.54, 1.807) is 0 Å². The second-order valence-corrected chi connectivity index (χ2v) is 5.43. The summed E-state index contributed by atoms with van der Waals surface area (Å²) in [6.07, 6.45) is 7.37. The van der Waals surface area contributed by atoms with Crippen LogP contribution in [0.5, 0.6) is 0 Å². The molecule has 18 heavy (non-hydrogen) atoms. The molecule has 0 bridgehead atoms. The number of carbonyl (C=O) groups excluding carboxylic acids is 1. The van der Waals surface area contributed by atoms with Gasteiger partial charge in [0.25, 0.3) is 5.24 Å². The highest BCUT2D eigenvalue weighted by molar-refractivity contribution is 6.67. The van der Waals surface area contributed by atoms with Crippen LogP contribution in [0.2, 0.25) is 0 Å². The minimum atomic E-state index is -0.344. The smallest absolute Gasteiger partial charge is 0.252 e. The van der Waals surface area contributed by atoms with Gasteiger partial charge in [-0.05, 0) is 35.6 Å². The first kappa shape index (κ1) is 15.2. The van der Waals surface area contributed by atoms with E-state index in [4.69, 9.17) is 11.6 Å². The molecule has 0 fully saturated rings. The molecule has 0 amide bonds. The fraction of sp³-hybridized carbons (Fsp3) is 0.562. The average molecular weight is 267 g/mol. The molecule has 1 aromatic carbocycles. The molecule has 0 saturated carbocycles. The van der Waals surface area contributed by atoms with Crippen molar-refractivity contribution in [3.05, 3.63) is 35.4 Å². The molecule has 1 atom stereocenters. The van der Waals surface area contributed by atoms with Crippen LogP contribution in [0.15, 0.2) is 24.3 Å². The van der Waals surface area contributed by atoms with E-state index in [0.717, 1.165) is 12.0 Å². The summed E-state index contributed by atoms with van der Waals surface area (Å²) in [5.74, 6) is 0.610. The van der Waals surface area contributed by atoms with Gasteiger partial charge in [0.15, 0.2) is 0 Å². The highest BCUT2D eigenvalue weighted by atomic mass is 35.5. The van der Waals surface area contributed by atoms with Crippen molar-refractivity contribution in [1.82, 2.24) is 0 Å². The summed E-state index contributed by atoms with van der Waals surface area (Å²) in [7, 11) is 0. The van der Waals surface area contributed by atoms with E-state index in [9.17, 15) is 4.79 Å². The van der Waals surface area contributed by atoms with Crippen molar-refractivity contribution < 1.29 is 4.79 Å². The van der Waals surface area contributed by atoms with Crippen LogP contribution in [0.1, 0.15) is 61.9 Å². The Morgan fingerprint density at radius 1 is 1.22 bits per heavy atom. The fourth-order valence-corrected chi connectivity index (χ4v) is 2.47. The summed E-state index contributed by atoms with van der Waals surface area (Å²) in [4.78, 5) is 11.3. The van der Waals surface area contributed by atoms with Gasteiger partial charge in [0.2, 0.25) is 0 Å². The third-order valence-electron chi connectivity index (χ3n) is 3.35. The van der Waals surface area contributed by atoms with Gasteiger partial charge < -0.3 is 0 Å². The predicted molar refractivity (Wildman–Crippen MR) is 78.3 cm³/mol. The van der Waals surface area contributed by atoms with Gasteiger partial charge in [0.05, 0.1) is 0 Å². The Balaban J connectivity index is 2.48. The molecule has 0 aliphatic rings. The molecule has 100 valence electrons. The second-order valence-electron chi connectivity index (χ2n) is 5.09. The van der Waals surface area contributed by atoms with E-state index >= 15 is 0 Å². The first-order valence-electron chi connectivity index (χ1n) is 6.92. The molecule has 1 nitrogen and oxygen atoms in total. The lowest BCUT2D eigenvalue weighted by molar-refractivity contribution is 0.108. The van der Waals surface area contributed by atoms with Crippen molar-refractivity contribution in [2.24, 2.45) is 5.92 Å². The highest BCUT2D eigenvalue weighted by Crippen LogP contribution is 2.19. The van der Waals surface area contributed by atoms with Crippen molar-refractivity contribution in [3.8, 4) is 0 Å². The molecular weight excluding hydrogens is 244 g/mol. The van der Waals surface area contributed by atoms with Crippen molar-refractivity contribution in [2.75, 3.05) is 0 Å². The summed E-state index contributed by atoms with van der Waals surface area (Å²) >= 11 is 5.60. The first-order valence-corrected chi connectivity index (χ1v) is 7.30. The van der Waals surface area contributed by atoms with E-state index < -0.39 is 0 Å². The third kappa shape index (κ3) is 5.22.